The Morgan fingerprint density at radius 1 is 1.45 bits per heavy atom. The summed E-state index contributed by atoms with van der Waals surface area (Å²) in [4.78, 5) is 13.9. The van der Waals surface area contributed by atoms with E-state index in [-0.39, 0.29) is 12.2 Å². The molecule has 0 aliphatic carbocycles. The van der Waals surface area contributed by atoms with E-state index in [4.69, 9.17) is 0 Å². The first kappa shape index (κ1) is 14.9. The van der Waals surface area contributed by atoms with E-state index in [1.807, 2.05) is 11.8 Å². The summed E-state index contributed by atoms with van der Waals surface area (Å²) in [5.41, 5.74) is -0.377. The van der Waals surface area contributed by atoms with Crippen molar-refractivity contribution in [3.8, 4) is 0 Å². The fourth-order valence-corrected chi connectivity index (χ4v) is 2.43. The number of para-hydroxylation sites is 1. The summed E-state index contributed by atoms with van der Waals surface area (Å²) in [5, 5.41) is 5.55. The lowest BCUT2D eigenvalue weighted by Crippen LogP contribution is -2.42. The molecule has 1 amide bonds. The first-order chi connectivity index (χ1) is 9.61. The molecule has 2 N–H and O–H groups in total. The van der Waals surface area contributed by atoms with E-state index in [2.05, 4.69) is 10.6 Å². The van der Waals surface area contributed by atoms with E-state index in [9.17, 15) is 13.6 Å². The highest BCUT2D eigenvalue weighted by atomic mass is 19.1. The third-order valence-electron chi connectivity index (χ3n) is 3.53. The highest BCUT2D eigenvalue weighted by Crippen LogP contribution is 2.18. The van der Waals surface area contributed by atoms with Crippen molar-refractivity contribution in [3.05, 3.63) is 29.8 Å². The average Bonchev–Trinajstić information content (AvgIpc) is 2.94. The molecule has 1 atom stereocenters. The number of amides is 1. The van der Waals surface area contributed by atoms with Crippen molar-refractivity contribution < 1.29 is 13.6 Å². The molecule has 0 aromatic heterocycles. The van der Waals surface area contributed by atoms with Crippen LogP contribution in [0.3, 0.4) is 0 Å². The van der Waals surface area contributed by atoms with Crippen molar-refractivity contribution in [2.75, 3.05) is 31.5 Å². The highest BCUT2D eigenvalue weighted by Gasteiger charge is 2.23. The molecule has 1 fully saturated rings. The second kappa shape index (κ2) is 6.76. The van der Waals surface area contributed by atoms with Gasteiger partial charge in [0.15, 0.2) is 0 Å². The minimum absolute atomic E-state index is 0.136. The van der Waals surface area contributed by atoms with Crippen LogP contribution in [0.4, 0.5) is 14.5 Å². The topological polar surface area (TPSA) is 44.4 Å². The number of hydrogen-bond donors (Lipinski definition) is 2. The Morgan fingerprint density at radius 3 is 2.70 bits per heavy atom. The average molecular weight is 283 g/mol. The molecule has 0 radical (unpaired) electrons. The number of carbonyl (C=O) groups excluding carboxylic acids is 1. The van der Waals surface area contributed by atoms with Crippen LogP contribution in [0.15, 0.2) is 18.2 Å². The second-order valence-electron chi connectivity index (χ2n) is 4.85. The minimum Gasteiger partial charge on any atom is -0.320 e. The van der Waals surface area contributed by atoms with Crippen molar-refractivity contribution in [2.24, 2.45) is 0 Å². The van der Waals surface area contributed by atoms with Crippen LogP contribution in [0.1, 0.15) is 13.3 Å². The fourth-order valence-electron chi connectivity index (χ4n) is 2.43. The molecule has 1 heterocycles. The molecular formula is C14H19F2N3O. The molecule has 1 unspecified atom stereocenters. The van der Waals surface area contributed by atoms with Crippen LogP contribution in [0, 0.1) is 11.6 Å². The van der Waals surface area contributed by atoms with Gasteiger partial charge in [-0.15, -0.1) is 0 Å². The molecule has 1 aromatic rings. The molecule has 110 valence electrons. The summed E-state index contributed by atoms with van der Waals surface area (Å²) in [6, 6.07) is 3.81. The Bertz CT molecular complexity index is 455. The predicted molar refractivity (Wildman–Crippen MR) is 73.5 cm³/mol. The van der Waals surface area contributed by atoms with Crippen molar-refractivity contribution in [3.63, 3.8) is 0 Å². The third-order valence-corrected chi connectivity index (χ3v) is 3.53. The van der Waals surface area contributed by atoms with E-state index in [0.717, 1.165) is 38.2 Å². The highest BCUT2D eigenvalue weighted by molar-refractivity contribution is 5.92. The lowest BCUT2D eigenvalue weighted by atomic mass is 10.2. The molecule has 0 spiro atoms. The van der Waals surface area contributed by atoms with Gasteiger partial charge in [-0.3, -0.25) is 9.69 Å². The summed E-state index contributed by atoms with van der Waals surface area (Å²) in [7, 11) is 0. The van der Waals surface area contributed by atoms with E-state index in [0.29, 0.717) is 6.04 Å². The quantitative estimate of drug-likeness (QED) is 0.862. The van der Waals surface area contributed by atoms with E-state index in [1.165, 1.54) is 6.07 Å². The molecule has 1 saturated heterocycles. The molecule has 4 nitrogen and oxygen atoms in total. The van der Waals surface area contributed by atoms with Crippen LogP contribution in [-0.4, -0.2) is 43.0 Å². The predicted octanol–water partition coefficient (Wildman–Crippen LogP) is 1.59. The monoisotopic (exact) mass is 283 g/mol. The van der Waals surface area contributed by atoms with Crippen LogP contribution >= 0.6 is 0 Å². The normalized spacial score (nSPS) is 18.5. The van der Waals surface area contributed by atoms with Crippen molar-refractivity contribution in [2.45, 2.75) is 19.4 Å². The fraction of sp³-hybridized carbons (Fsp3) is 0.500. The molecule has 0 bridgehead atoms. The summed E-state index contributed by atoms with van der Waals surface area (Å²) in [5.74, 6) is -1.92. The number of likely N-dealkylation sites (N-methyl/N-ethyl adjacent to an activating group) is 1. The number of rotatable bonds is 5. The number of nitrogens with zero attached hydrogens (tertiary/aromatic N) is 1. The van der Waals surface area contributed by atoms with Crippen LogP contribution in [0.5, 0.6) is 0 Å². The van der Waals surface area contributed by atoms with Gasteiger partial charge in [-0.05, 0) is 31.6 Å². The van der Waals surface area contributed by atoms with Gasteiger partial charge in [0.05, 0.1) is 6.54 Å². The smallest absolute Gasteiger partial charge is 0.238 e. The van der Waals surface area contributed by atoms with Crippen LogP contribution in [0.2, 0.25) is 0 Å². The first-order valence-corrected chi connectivity index (χ1v) is 6.80. The zero-order valence-electron chi connectivity index (χ0n) is 11.5. The Kier molecular flexibility index (Phi) is 5.03. The van der Waals surface area contributed by atoms with E-state index in [1.54, 1.807) is 0 Å². The lowest BCUT2D eigenvalue weighted by Gasteiger charge is -2.26. The summed E-state index contributed by atoms with van der Waals surface area (Å²) in [6.07, 6.45) is 0.981. The summed E-state index contributed by atoms with van der Waals surface area (Å²) in [6.45, 7) is 4.60. The SMILES string of the molecule is CCN(CC(=O)Nc1c(F)cccc1F)C1CCNC1. The van der Waals surface area contributed by atoms with Gasteiger partial charge in [0, 0.05) is 12.6 Å². The number of nitrogens with one attached hydrogen (secondary N) is 2. The van der Waals surface area contributed by atoms with Gasteiger partial charge in [-0.25, -0.2) is 8.78 Å². The number of benzene rings is 1. The van der Waals surface area contributed by atoms with Gasteiger partial charge in [-0.1, -0.05) is 13.0 Å². The van der Waals surface area contributed by atoms with Gasteiger partial charge in [-0.2, -0.15) is 0 Å². The molecule has 1 aliphatic heterocycles. The van der Waals surface area contributed by atoms with Crippen LogP contribution < -0.4 is 10.6 Å². The Morgan fingerprint density at radius 2 is 2.15 bits per heavy atom. The number of anilines is 1. The molecular weight excluding hydrogens is 264 g/mol. The standard InChI is InChI=1S/C14H19F2N3O/c1-2-19(10-6-7-17-8-10)9-13(20)18-14-11(15)4-3-5-12(14)16/h3-5,10,17H,2,6-9H2,1H3,(H,18,20). The zero-order valence-corrected chi connectivity index (χ0v) is 11.5. The van der Waals surface area contributed by atoms with Gasteiger partial charge < -0.3 is 10.6 Å². The van der Waals surface area contributed by atoms with E-state index < -0.39 is 17.5 Å². The molecule has 0 saturated carbocycles. The second-order valence-corrected chi connectivity index (χ2v) is 4.85. The van der Waals surface area contributed by atoms with Crippen molar-refractivity contribution in [1.29, 1.82) is 0 Å². The molecule has 20 heavy (non-hydrogen) atoms. The largest absolute Gasteiger partial charge is 0.320 e. The maximum absolute atomic E-state index is 13.5. The van der Waals surface area contributed by atoms with Crippen molar-refractivity contribution >= 4 is 11.6 Å². The number of halogens is 2. The molecule has 1 aliphatic rings. The Labute approximate surface area is 117 Å². The van der Waals surface area contributed by atoms with Gasteiger partial charge in [0.25, 0.3) is 0 Å². The first-order valence-electron chi connectivity index (χ1n) is 6.80. The van der Waals surface area contributed by atoms with Crippen LogP contribution in [0.25, 0.3) is 0 Å². The lowest BCUT2D eigenvalue weighted by molar-refractivity contribution is -0.117. The van der Waals surface area contributed by atoms with Gasteiger partial charge in [0.2, 0.25) is 5.91 Å². The maximum Gasteiger partial charge on any atom is 0.238 e. The Hall–Kier alpha value is -1.53. The third kappa shape index (κ3) is 3.52. The van der Waals surface area contributed by atoms with Gasteiger partial charge >= 0.3 is 0 Å². The van der Waals surface area contributed by atoms with Gasteiger partial charge in [0.1, 0.15) is 17.3 Å². The Balaban J connectivity index is 1.97. The zero-order chi connectivity index (χ0) is 14.5. The summed E-state index contributed by atoms with van der Waals surface area (Å²) < 4.78 is 26.9. The summed E-state index contributed by atoms with van der Waals surface area (Å²) >= 11 is 0. The van der Waals surface area contributed by atoms with E-state index >= 15 is 0 Å². The van der Waals surface area contributed by atoms with Crippen molar-refractivity contribution in [1.82, 2.24) is 10.2 Å². The number of hydrogen-bond acceptors (Lipinski definition) is 3. The molecule has 6 heteroatoms. The molecule has 2 rings (SSSR count). The van der Waals surface area contributed by atoms with Crippen LogP contribution in [-0.2, 0) is 4.79 Å². The maximum atomic E-state index is 13.5. The molecule has 1 aromatic carbocycles. The number of carbonyl (C=O) groups is 1. The minimum atomic E-state index is -0.760.